The third-order valence-electron chi connectivity index (χ3n) is 4.30. The maximum absolute atomic E-state index is 13.1. The highest BCUT2D eigenvalue weighted by Gasteiger charge is 2.33. The van der Waals surface area contributed by atoms with Crippen molar-refractivity contribution in [3.63, 3.8) is 0 Å². The normalized spacial score (nSPS) is 15.7. The minimum absolute atomic E-state index is 0.1000. The Hall–Kier alpha value is -2.22. The van der Waals surface area contributed by atoms with Gasteiger partial charge in [0.05, 0.1) is 11.3 Å². The standard InChI is InChI=1S/C18H19F3N2O2S/c19-18(20,21)14-9-10-17(16(13-14)23-11-5-2-6-12-23)26(24,25)22-15-7-3-1-4-8-15/h1,3-4,7-10,13,22H,2,5-6,11-12H2. The van der Waals surface area contributed by atoms with Crippen LogP contribution in [0.5, 0.6) is 0 Å². The molecule has 140 valence electrons. The number of anilines is 2. The van der Waals surface area contributed by atoms with Gasteiger partial charge in [0.25, 0.3) is 10.0 Å². The third kappa shape index (κ3) is 4.12. The number of nitrogens with one attached hydrogen (secondary N) is 1. The summed E-state index contributed by atoms with van der Waals surface area (Å²) >= 11 is 0. The number of hydrogen-bond acceptors (Lipinski definition) is 3. The lowest BCUT2D eigenvalue weighted by molar-refractivity contribution is -0.137. The maximum Gasteiger partial charge on any atom is 0.416 e. The van der Waals surface area contributed by atoms with E-state index < -0.39 is 21.8 Å². The topological polar surface area (TPSA) is 49.4 Å². The van der Waals surface area contributed by atoms with Gasteiger partial charge in [0.1, 0.15) is 4.90 Å². The van der Waals surface area contributed by atoms with E-state index in [2.05, 4.69) is 4.72 Å². The van der Waals surface area contributed by atoms with Gasteiger partial charge in [0.2, 0.25) is 0 Å². The minimum Gasteiger partial charge on any atom is -0.370 e. The van der Waals surface area contributed by atoms with Crippen molar-refractivity contribution in [3.8, 4) is 0 Å². The summed E-state index contributed by atoms with van der Waals surface area (Å²) in [6.07, 6.45) is -1.90. The Kier molecular flexibility index (Phi) is 5.13. The molecule has 0 spiro atoms. The van der Waals surface area contributed by atoms with Crippen molar-refractivity contribution >= 4 is 21.4 Å². The van der Waals surface area contributed by atoms with Crippen molar-refractivity contribution < 1.29 is 21.6 Å². The Morgan fingerprint density at radius 1 is 0.923 bits per heavy atom. The molecule has 1 heterocycles. The molecule has 2 aromatic carbocycles. The highest BCUT2D eigenvalue weighted by atomic mass is 32.2. The maximum atomic E-state index is 13.1. The number of alkyl halides is 3. The molecule has 1 aliphatic heterocycles. The Morgan fingerprint density at radius 3 is 2.19 bits per heavy atom. The molecular formula is C18H19F3N2O2S. The van der Waals surface area contributed by atoms with Gasteiger partial charge in [-0.2, -0.15) is 13.2 Å². The Bertz CT molecular complexity index is 862. The minimum atomic E-state index is -4.53. The van der Waals surface area contributed by atoms with Crippen molar-refractivity contribution in [2.24, 2.45) is 0 Å². The smallest absolute Gasteiger partial charge is 0.370 e. The van der Waals surface area contributed by atoms with Crippen molar-refractivity contribution in [1.82, 2.24) is 0 Å². The molecule has 0 radical (unpaired) electrons. The van der Waals surface area contributed by atoms with E-state index in [-0.39, 0.29) is 10.6 Å². The molecule has 0 aliphatic carbocycles. The van der Waals surface area contributed by atoms with Crippen LogP contribution in [0.2, 0.25) is 0 Å². The summed E-state index contributed by atoms with van der Waals surface area (Å²) in [5.74, 6) is 0. The van der Waals surface area contributed by atoms with Gasteiger partial charge in [-0.1, -0.05) is 18.2 Å². The third-order valence-corrected chi connectivity index (χ3v) is 5.73. The molecule has 1 aliphatic rings. The first-order chi connectivity index (χ1) is 12.3. The van der Waals surface area contributed by atoms with Crippen LogP contribution >= 0.6 is 0 Å². The molecule has 1 N–H and O–H groups in total. The highest BCUT2D eigenvalue weighted by Crippen LogP contribution is 2.36. The lowest BCUT2D eigenvalue weighted by atomic mass is 10.1. The molecule has 1 saturated heterocycles. The lowest BCUT2D eigenvalue weighted by Crippen LogP contribution is -2.31. The van der Waals surface area contributed by atoms with E-state index in [0.717, 1.165) is 37.5 Å². The van der Waals surface area contributed by atoms with E-state index in [4.69, 9.17) is 0 Å². The molecule has 0 saturated carbocycles. The summed E-state index contributed by atoms with van der Waals surface area (Å²) < 4.78 is 67.4. The van der Waals surface area contributed by atoms with Crippen LogP contribution in [0.15, 0.2) is 53.4 Å². The molecule has 26 heavy (non-hydrogen) atoms. The van der Waals surface area contributed by atoms with Crippen LogP contribution in [0.4, 0.5) is 24.5 Å². The van der Waals surface area contributed by atoms with Gasteiger partial charge in [-0.25, -0.2) is 8.42 Å². The van der Waals surface area contributed by atoms with Gasteiger partial charge in [0.15, 0.2) is 0 Å². The number of para-hydroxylation sites is 1. The van der Waals surface area contributed by atoms with E-state index in [1.54, 1.807) is 35.2 Å². The predicted octanol–water partition coefficient (Wildman–Crippen LogP) is 4.50. The van der Waals surface area contributed by atoms with Crippen molar-refractivity contribution in [1.29, 1.82) is 0 Å². The largest absolute Gasteiger partial charge is 0.416 e. The molecule has 4 nitrogen and oxygen atoms in total. The summed E-state index contributed by atoms with van der Waals surface area (Å²) in [4.78, 5) is 1.58. The summed E-state index contributed by atoms with van der Waals surface area (Å²) in [5.41, 5.74) is -0.392. The second-order valence-electron chi connectivity index (χ2n) is 6.20. The van der Waals surface area contributed by atoms with Crippen LogP contribution in [0.25, 0.3) is 0 Å². The average molecular weight is 384 g/mol. The van der Waals surface area contributed by atoms with Gasteiger partial charge in [-0.15, -0.1) is 0 Å². The van der Waals surface area contributed by atoms with Crippen LogP contribution < -0.4 is 9.62 Å². The molecule has 0 unspecified atom stereocenters. The molecule has 0 amide bonds. The van der Waals surface area contributed by atoms with Gasteiger partial charge < -0.3 is 4.90 Å². The van der Waals surface area contributed by atoms with Gasteiger partial charge in [-0.05, 0) is 49.6 Å². The summed E-state index contributed by atoms with van der Waals surface area (Å²) in [6, 6.07) is 11.1. The molecule has 0 aromatic heterocycles. The fourth-order valence-corrected chi connectivity index (χ4v) is 4.29. The highest BCUT2D eigenvalue weighted by molar-refractivity contribution is 7.92. The number of piperidine rings is 1. The van der Waals surface area contributed by atoms with Crippen LogP contribution in [0.3, 0.4) is 0 Å². The van der Waals surface area contributed by atoms with E-state index >= 15 is 0 Å². The number of halogens is 3. The van der Waals surface area contributed by atoms with Crippen molar-refractivity contribution in [2.45, 2.75) is 30.3 Å². The summed E-state index contributed by atoms with van der Waals surface area (Å²) in [7, 11) is -4.01. The molecule has 3 rings (SSSR count). The SMILES string of the molecule is O=S(=O)(Nc1ccccc1)c1ccc(C(F)(F)F)cc1N1CCCCC1. The van der Waals surface area contributed by atoms with Crippen LogP contribution in [0.1, 0.15) is 24.8 Å². The lowest BCUT2D eigenvalue weighted by Gasteiger charge is -2.31. The molecular weight excluding hydrogens is 365 g/mol. The molecule has 0 atom stereocenters. The number of benzene rings is 2. The zero-order valence-electron chi connectivity index (χ0n) is 14.0. The van der Waals surface area contributed by atoms with E-state index in [1.165, 1.54) is 0 Å². The second-order valence-corrected chi connectivity index (χ2v) is 7.85. The first kappa shape index (κ1) is 18.6. The first-order valence-corrected chi connectivity index (χ1v) is 9.80. The van der Waals surface area contributed by atoms with Crippen molar-refractivity contribution in [3.05, 3.63) is 54.1 Å². The zero-order chi connectivity index (χ0) is 18.8. The molecule has 0 bridgehead atoms. The van der Waals surface area contributed by atoms with E-state index in [0.29, 0.717) is 18.8 Å². The fraction of sp³-hybridized carbons (Fsp3) is 0.333. The fourth-order valence-electron chi connectivity index (χ4n) is 3.02. The van der Waals surface area contributed by atoms with Crippen LogP contribution in [-0.4, -0.2) is 21.5 Å². The Balaban J connectivity index is 2.04. The van der Waals surface area contributed by atoms with Crippen molar-refractivity contribution in [2.75, 3.05) is 22.7 Å². The molecule has 2 aromatic rings. The Labute approximate surface area is 150 Å². The number of nitrogens with zero attached hydrogens (tertiary/aromatic N) is 1. The van der Waals surface area contributed by atoms with Gasteiger partial charge in [-0.3, -0.25) is 4.72 Å². The Morgan fingerprint density at radius 2 is 1.58 bits per heavy atom. The molecule has 8 heteroatoms. The molecule has 1 fully saturated rings. The number of sulfonamides is 1. The summed E-state index contributed by atoms with van der Waals surface area (Å²) in [6.45, 7) is 1.07. The van der Waals surface area contributed by atoms with E-state index in [9.17, 15) is 21.6 Å². The van der Waals surface area contributed by atoms with Crippen LogP contribution in [-0.2, 0) is 16.2 Å². The number of rotatable bonds is 4. The first-order valence-electron chi connectivity index (χ1n) is 8.31. The monoisotopic (exact) mass is 384 g/mol. The zero-order valence-corrected chi connectivity index (χ0v) is 14.8. The van der Waals surface area contributed by atoms with Crippen LogP contribution in [0, 0.1) is 0 Å². The number of hydrogen-bond donors (Lipinski definition) is 1. The summed E-state index contributed by atoms with van der Waals surface area (Å²) in [5, 5.41) is 0. The van der Waals surface area contributed by atoms with Gasteiger partial charge in [0, 0.05) is 18.8 Å². The van der Waals surface area contributed by atoms with Gasteiger partial charge >= 0.3 is 6.18 Å². The predicted molar refractivity (Wildman–Crippen MR) is 94.8 cm³/mol. The van der Waals surface area contributed by atoms with E-state index in [1.807, 2.05) is 0 Å². The second kappa shape index (κ2) is 7.19. The average Bonchev–Trinajstić information content (AvgIpc) is 2.62. The quantitative estimate of drug-likeness (QED) is 0.845.